The lowest BCUT2D eigenvalue weighted by Crippen LogP contribution is -2.32. The molecule has 2 heteroatoms. The Morgan fingerprint density at radius 3 is 2.73 bits per heavy atom. The fourth-order valence-corrected chi connectivity index (χ4v) is 0.923. The Kier molecular flexibility index (Phi) is 5.28. The minimum absolute atomic E-state index is 0.0221. The Hall–Kier alpha value is -0.970. The Labute approximate surface area is 68.4 Å². The van der Waals surface area contributed by atoms with Gasteiger partial charge < -0.3 is 5.32 Å². The second-order valence-corrected chi connectivity index (χ2v) is 2.55. The summed E-state index contributed by atoms with van der Waals surface area (Å²) in [5.41, 5.74) is 0. The summed E-state index contributed by atoms with van der Waals surface area (Å²) in [6.07, 6.45) is 7.66. The average molecular weight is 153 g/mol. The summed E-state index contributed by atoms with van der Waals surface area (Å²) in [5.74, 6) is 2.58. The van der Waals surface area contributed by atoms with Crippen LogP contribution in [0, 0.1) is 12.3 Å². The van der Waals surface area contributed by atoms with Crippen LogP contribution in [0.15, 0.2) is 0 Å². The molecule has 0 bridgehead atoms. The lowest BCUT2D eigenvalue weighted by molar-refractivity contribution is -0.119. The molecule has 0 rings (SSSR count). The smallest absolute Gasteiger partial charge is 0.217 e. The minimum Gasteiger partial charge on any atom is -0.354 e. The molecule has 0 aliphatic rings. The quantitative estimate of drug-likeness (QED) is 0.606. The van der Waals surface area contributed by atoms with Crippen molar-refractivity contribution in [1.29, 1.82) is 0 Å². The van der Waals surface area contributed by atoms with E-state index in [2.05, 4.69) is 11.2 Å². The Balaban J connectivity index is 3.59. The summed E-state index contributed by atoms with van der Waals surface area (Å²) >= 11 is 0. The summed E-state index contributed by atoms with van der Waals surface area (Å²) in [5, 5.41) is 2.83. The van der Waals surface area contributed by atoms with Crippen molar-refractivity contribution in [3.63, 3.8) is 0 Å². The van der Waals surface area contributed by atoms with Crippen molar-refractivity contribution >= 4 is 5.91 Å². The normalized spacial score (nSPS) is 11.7. The molecule has 0 saturated heterocycles. The molecular weight excluding hydrogens is 138 g/mol. The maximum Gasteiger partial charge on any atom is 0.217 e. The molecule has 1 atom stereocenters. The van der Waals surface area contributed by atoms with Crippen molar-refractivity contribution in [3.8, 4) is 12.3 Å². The number of nitrogens with one attached hydrogen (secondary N) is 1. The zero-order valence-electron chi connectivity index (χ0n) is 7.18. The molecule has 0 saturated carbocycles. The zero-order chi connectivity index (χ0) is 8.69. The van der Waals surface area contributed by atoms with Crippen molar-refractivity contribution in [2.45, 2.75) is 39.2 Å². The summed E-state index contributed by atoms with van der Waals surface area (Å²) < 4.78 is 0. The molecule has 0 heterocycles. The largest absolute Gasteiger partial charge is 0.354 e. The van der Waals surface area contributed by atoms with Gasteiger partial charge in [-0.05, 0) is 12.8 Å². The standard InChI is InChI=1S/C9H15NO/c1-4-6-7-9(5-2)10-8(3)11/h1,9H,5-7H2,2-3H3,(H,10,11). The highest BCUT2D eigenvalue weighted by molar-refractivity contribution is 5.73. The van der Waals surface area contributed by atoms with Crippen LogP contribution in [0.1, 0.15) is 33.1 Å². The van der Waals surface area contributed by atoms with Crippen molar-refractivity contribution in [1.82, 2.24) is 5.32 Å². The highest BCUT2D eigenvalue weighted by Crippen LogP contribution is 1.99. The SMILES string of the molecule is C#CCCC(CC)NC(C)=O. The zero-order valence-corrected chi connectivity index (χ0v) is 7.18. The summed E-state index contributed by atoms with van der Waals surface area (Å²) in [6, 6.07) is 0.253. The van der Waals surface area contributed by atoms with Gasteiger partial charge in [-0.1, -0.05) is 6.92 Å². The lowest BCUT2D eigenvalue weighted by atomic mass is 10.1. The van der Waals surface area contributed by atoms with Crippen LogP contribution in [0.5, 0.6) is 0 Å². The van der Waals surface area contributed by atoms with Crippen LogP contribution in [-0.2, 0) is 4.79 Å². The van der Waals surface area contributed by atoms with Crippen molar-refractivity contribution in [2.75, 3.05) is 0 Å². The predicted molar refractivity (Wildman–Crippen MR) is 46.0 cm³/mol. The fourth-order valence-electron chi connectivity index (χ4n) is 0.923. The molecule has 0 fully saturated rings. The number of carbonyl (C=O) groups is 1. The van der Waals surface area contributed by atoms with Gasteiger partial charge in [-0.3, -0.25) is 4.79 Å². The Bertz CT molecular complexity index is 157. The number of terminal acetylenes is 1. The molecule has 2 nitrogen and oxygen atoms in total. The van der Waals surface area contributed by atoms with Gasteiger partial charge in [0.2, 0.25) is 5.91 Å². The van der Waals surface area contributed by atoms with Gasteiger partial charge in [0.15, 0.2) is 0 Å². The lowest BCUT2D eigenvalue weighted by Gasteiger charge is -2.13. The molecule has 62 valence electrons. The molecule has 1 N–H and O–H groups in total. The molecule has 0 spiro atoms. The average Bonchev–Trinajstić information content (AvgIpc) is 1.97. The van der Waals surface area contributed by atoms with E-state index >= 15 is 0 Å². The van der Waals surface area contributed by atoms with Crippen LogP contribution in [-0.4, -0.2) is 11.9 Å². The number of amides is 1. The molecule has 0 radical (unpaired) electrons. The van der Waals surface area contributed by atoms with Gasteiger partial charge in [0.25, 0.3) is 0 Å². The van der Waals surface area contributed by atoms with Gasteiger partial charge in [0.1, 0.15) is 0 Å². The van der Waals surface area contributed by atoms with Crippen molar-refractivity contribution in [2.24, 2.45) is 0 Å². The van der Waals surface area contributed by atoms with E-state index in [1.54, 1.807) is 0 Å². The van der Waals surface area contributed by atoms with E-state index in [1.165, 1.54) is 6.92 Å². The van der Waals surface area contributed by atoms with Crippen LogP contribution >= 0.6 is 0 Å². The minimum atomic E-state index is 0.0221. The molecule has 0 aromatic rings. The fraction of sp³-hybridized carbons (Fsp3) is 0.667. The maximum atomic E-state index is 10.6. The molecule has 1 unspecified atom stereocenters. The van der Waals surface area contributed by atoms with Crippen LogP contribution in [0.3, 0.4) is 0 Å². The molecule has 0 aliphatic heterocycles. The van der Waals surface area contributed by atoms with Crippen LogP contribution < -0.4 is 5.32 Å². The van der Waals surface area contributed by atoms with Gasteiger partial charge in [0.05, 0.1) is 0 Å². The first kappa shape index (κ1) is 10.0. The van der Waals surface area contributed by atoms with E-state index in [0.29, 0.717) is 0 Å². The summed E-state index contributed by atoms with van der Waals surface area (Å²) in [6.45, 7) is 3.57. The van der Waals surface area contributed by atoms with Crippen LogP contribution in [0.4, 0.5) is 0 Å². The first-order chi connectivity index (χ1) is 5.20. The third-order valence-electron chi connectivity index (χ3n) is 1.54. The van der Waals surface area contributed by atoms with Crippen LogP contribution in [0.2, 0.25) is 0 Å². The highest BCUT2D eigenvalue weighted by atomic mass is 16.1. The Morgan fingerprint density at radius 2 is 2.36 bits per heavy atom. The first-order valence-electron chi connectivity index (χ1n) is 3.91. The van der Waals surface area contributed by atoms with E-state index in [9.17, 15) is 4.79 Å². The maximum absolute atomic E-state index is 10.6. The second-order valence-electron chi connectivity index (χ2n) is 2.55. The number of rotatable bonds is 4. The van der Waals surface area contributed by atoms with Crippen molar-refractivity contribution in [3.05, 3.63) is 0 Å². The van der Waals surface area contributed by atoms with Crippen LogP contribution in [0.25, 0.3) is 0 Å². The van der Waals surface area contributed by atoms with Gasteiger partial charge >= 0.3 is 0 Å². The third-order valence-corrected chi connectivity index (χ3v) is 1.54. The number of carbonyl (C=O) groups excluding carboxylic acids is 1. The highest BCUT2D eigenvalue weighted by Gasteiger charge is 2.04. The third kappa shape index (κ3) is 5.47. The van der Waals surface area contributed by atoms with E-state index in [-0.39, 0.29) is 11.9 Å². The summed E-state index contributed by atoms with van der Waals surface area (Å²) in [4.78, 5) is 10.6. The summed E-state index contributed by atoms with van der Waals surface area (Å²) in [7, 11) is 0. The molecule has 0 aromatic heterocycles. The molecule has 0 aromatic carbocycles. The molecular formula is C9H15NO. The molecule has 1 amide bonds. The second kappa shape index (κ2) is 5.79. The van der Waals surface area contributed by atoms with Gasteiger partial charge in [0, 0.05) is 19.4 Å². The van der Waals surface area contributed by atoms with Gasteiger partial charge in [-0.15, -0.1) is 12.3 Å². The van der Waals surface area contributed by atoms with E-state index in [1.807, 2.05) is 6.92 Å². The van der Waals surface area contributed by atoms with E-state index in [4.69, 9.17) is 6.42 Å². The number of hydrogen-bond donors (Lipinski definition) is 1. The molecule has 0 aliphatic carbocycles. The van der Waals surface area contributed by atoms with E-state index < -0.39 is 0 Å². The van der Waals surface area contributed by atoms with Gasteiger partial charge in [-0.25, -0.2) is 0 Å². The first-order valence-corrected chi connectivity index (χ1v) is 3.91. The Morgan fingerprint density at radius 1 is 1.73 bits per heavy atom. The monoisotopic (exact) mass is 153 g/mol. The van der Waals surface area contributed by atoms with Crippen molar-refractivity contribution < 1.29 is 4.79 Å². The van der Waals surface area contributed by atoms with E-state index in [0.717, 1.165) is 19.3 Å². The number of hydrogen-bond acceptors (Lipinski definition) is 1. The van der Waals surface area contributed by atoms with Gasteiger partial charge in [-0.2, -0.15) is 0 Å². The predicted octanol–water partition coefficient (Wildman–Crippen LogP) is 1.31. The molecule has 11 heavy (non-hydrogen) atoms. The topological polar surface area (TPSA) is 29.1 Å².